The van der Waals surface area contributed by atoms with Gasteiger partial charge in [0.05, 0.1) is 6.54 Å². The second kappa shape index (κ2) is 6.87. The van der Waals surface area contributed by atoms with Gasteiger partial charge in [-0.25, -0.2) is 0 Å². The standard InChI is InChI=1S/C16H22N2O4/c17-13-3-1-2-11(13)8-16(19)18-6-7-20-12-4-5-14-15(9-12)22-10-21-14/h4-5,9,11,13H,1-3,6-8,10,17H2,(H,18,19)/t11-,13+/m0/s1. The van der Waals surface area contributed by atoms with E-state index in [-0.39, 0.29) is 18.7 Å². The highest BCUT2D eigenvalue weighted by molar-refractivity contribution is 5.76. The second-order valence-electron chi connectivity index (χ2n) is 5.77. The van der Waals surface area contributed by atoms with E-state index in [1.165, 1.54) is 0 Å². The molecule has 0 spiro atoms. The van der Waals surface area contributed by atoms with Crippen molar-refractivity contribution < 1.29 is 19.0 Å². The molecule has 0 aromatic heterocycles. The van der Waals surface area contributed by atoms with Crippen molar-refractivity contribution in [1.82, 2.24) is 5.32 Å². The molecule has 1 saturated carbocycles. The number of hydrogen-bond acceptors (Lipinski definition) is 5. The van der Waals surface area contributed by atoms with Gasteiger partial charge in [-0.2, -0.15) is 0 Å². The number of carbonyl (C=O) groups is 1. The van der Waals surface area contributed by atoms with Crippen LogP contribution < -0.4 is 25.3 Å². The van der Waals surface area contributed by atoms with Gasteiger partial charge in [-0.15, -0.1) is 0 Å². The van der Waals surface area contributed by atoms with Crippen LogP contribution in [0.2, 0.25) is 0 Å². The van der Waals surface area contributed by atoms with Crippen molar-refractivity contribution in [3.63, 3.8) is 0 Å². The van der Waals surface area contributed by atoms with Gasteiger partial charge in [-0.1, -0.05) is 6.42 Å². The van der Waals surface area contributed by atoms with E-state index < -0.39 is 0 Å². The Kier molecular flexibility index (Phi) is 4.68. The number of fused-ring (bicyclic) bond motifs is 1. The van der Waals surface area contributed by atoms with Gasteiger partial charge in [0.25, 0.3) is 0 Å². The van der Waals surface area contributed by atoms with Crippen LogP contribution in [0.1, 0.15) is 25.7 Å². The maximum Gasteiger partial charge on any atom is 0.231 e. The molecule has 1 aromatic rings. The lowest BCUT2D eigenvalue weighted by Gasteiger charge is -2.14. The molecular weight excluding hydrogens is 284 g/mol. The maximum atomic E-state index is 11.9. The average molecular weight is 306 g/mol. The minimum absolute atomic E-state index is 0.0524. The summed E-state index contributed by atoms with van der Waals surface area (Å²) in [5.74, 6) is 2.51. The van der Waals surface area contributed by atoms with Gasteiger partial charge in [0.15, 0.2) is 11.5 Å². The number of amides is 1. The van der Waals surface area contributed by atoms with Crippen LogP contribution in [0.15, 0.2) is 18.2 Å². The number of benzene rings is 1. The Bertz CT molecular complexity index is 535. The molecule has 2 aliphatic rings. The van der Waals surface area contributed by atoms with Gasteiger partial charge in [-0.3, -0.25) is 4.79 Å². The van der Waals surface area contributed by atoms with E-state index in [1.807, 2.05) is 12.1 Å². The van der Waals surface area contributed by atoms with Gasteiger partial charge < -0.3 is 25.3 Å². The minimum Gasteiger partial charge on any atom is -0.492 e. The first kappa shape index (κ1) is 15.0. The van der Waals surface area contributed by atoms with Crippen molar-refractivity contribution in [2.45, 2.75) is 31.7 Å². The number of ether oxygens (including phenoxy) is 3. The van der Waals surface area contributed by atoms with Crippen LogP contribution >= 0.6 is 0 Å². The van der Waals surface area contributed by atoms with Gasteiger partial charge >= 0.3 is 0 Å². The molecule has 6 heteroatoms. The van der Waals surface area contributed by atoms with E-state index in [9.17, 15) is 4.79 Å². The van der Waals surface area contributed by atoms with Crippen LogP contribution in [0.4, 0.5) is 0 Å². The van der Waals surface area contributed by atoms with E-state index in [1.54, 1.807) is 6.07 Å². The van der Waals surface area contributed by atoms with E-state index in [4.69, 9.17) is 19.9 Å². The molecule has 22 heavy (non-hydrogen) atoms. The predicted octanol–water partition coefficient (Wildman–Crippen LogP) is 1.43. The summed E-state index contributed by atoms with van der Waals surface area (Å²) in [6.07, 6.45) is 3.74. The predicted molar refractivity (Wildman–Crippen MR) is 81.0 cm³/mol. The highest BCUT2D eigenvalue weighted by atomic mass is 16.7. The molecule has 1 aliphatic heterocycles. The van der Waals surface area contributed by atoms with Crippen LogP contribution in [0.5, 0.6) is 17.2 Å². The van der Waals surface area contributed by atoms with E-state index in [0.29, 0.717) is 37.0 Å². The van der Waals surface area contributed by atoms with Crippen molar-refractivity contribution in [3.05, 3.63) is 18.2 Å². The van der Waals surface area contributed by atoms with Gasteiger partial charge in [0.2, 0.25) is 12.7 Å². The molecular formula is C16H22N2O4. The lowest BCUT2D eigenvalue weighted by Crippen LogP contribution is -2.33. The van der Waals surface area contributed by atoms with Crippen LogP contribution in [0, 0.1) is 5.92 Å². The largest absolute Gasteiger partial charge is 0.492 e. The van der Waals surface area contributed by atoms with Crippen molar-refractivity contribution in [3.8, 4) is 17.2 Å². The number of nitrogens with two attached hydrogens (primary N) is 1. The summed E-state index contributed by atoms with van der Waals surface area (Å²) in [7, 11) is 0. The molecule has 2 atom stereocenters. The Balaban J connectivity index is 1.35. The molecule has 3 N–H and O–H groups in total. The minimum atomic E-state index is 0.0524. The number of rotatable bonds is 6. The van der Waals surface area contributed by atoms with Crippen LogP contribution in [0.25, 0.3) is 0 Å². The molecule has 1 amide bonds. The third kappa shape index (κ3) is 3.62. The summed E-state index contributed by atoms with van der Waals surface area (Å²) < 4.78 is 16.1. The topological polar surface area (TPSA) is 82.8 Å². The fourth-order valence-corrected chi connectivity index (χ4v) is 2.96. The molecule has 1 fully saturated rings. The third-order valence-corrected chi connectivity index (χ3v) is 4.20. The summed E-state index contributed by atoms with van der Waals surface area (Å²) in [5, 5.41) is 2.88. The van der Waals surface area contributed by atoms with Crippen molar-refractivity contribution in [2.24, 2.45) is 11.7 Å². The third-order valence-electron chi connectivity index (χ3n) is 4.20. The Morgan fingerprint density at radius 3 is 3.00 bits per heavy atom. The van der Waals surface area contributed by atoms with Crippen LogP contribution in [-0.2, 0) is 4.79 Å². The molecule has 6 nitrogen and oxygen atoms in total. The monoisotopic (exact) mass is 306 g/mol. The molecule has 0 saturated heterocycles. The molecule has 0 radical (unpaired) electrons. The zero-order valence-electron chi connectivity index (χ0n) is 12.5. The Labute approximate surface area is 129 Å². The number of nitrogens with one attached hydrogen (secondary N) is 1. The van der Waals surface area contributed by atoms with Crippen molar-refractivity contribution in [2.75, 3.05) is 19.9 Å². The Morgan fingerprint density at radius 1 is 1.32 bits per heavy atom. The number of hydrogen-bond donors (Lipinski definition) is 2. The summed E-state index contributed by atoms with van der Waals surface area (Å²) in [6, 6.07) is 5.61. The van der Waals surface area contributed by atoms with Gasteiger partial charge in [0, 0.05) is 18.5 Å². The highest BCUT2D eigenvalue weighted by Gasteiger charge is 2.25. The molecule has 3 rings (SSSR count). The average Bonchev–Trinajstić information content (AvgIpc) is 3.12. The molecule has 1 aromatic carbocycles. The van der Waals surface area contributed by atoms with Gasteiger partial charge in [0.1, 0.15) is 12.4 Å². The van der Waals surface area contributed by atoms with Crippen molar-refractivity contribution in [1.29, 1.82) is 0 Å². The SMILES string of the molecule is N[C@@H]1CCC[C@H]1CC(=O)NCCOc1ccc2c(c1)OCO2. The Hall–Kier alpha value is -1.95. The zero-order chi connectivity index (χ0) is 15.4. The molecule has 0 unspecified atom stereocenters. The van der Waals surface area contributed by atoms with Crippen molar-refractivity contribution >= 4 is 5.91 Å². The quantitative estimate of drug-likeness (QED) is 0.777. The summed E-state index contributed by atoms with van der Waals surface area (Å²) in [5.41, 5.74) is 5.98. The van der Waals surface area contributed by atoms with Crippen LogP contribution in [0.3, 0.4) is 0 Å². The fourth-order valence-electron chi connectivity index (χ4n) is 2.96. The molecule has 1 aliphatic carbocycles. The number of carbonyl (C=O) groups excluding carboxylic acids is 1. The lowest BCUT2D eigenvalue weighted by molar-refractivity contribution is -0.122. The highest BCUT2D eigenvalue weighted by Crippen LogP contribution is 2.35. The van der Waals surface area contributed by atoms with Crippen LogP contribution in [-0.4, -0.2) is 31.9 Å². The first-order chi connectivity index (χ1) is 10.7. The lowest BCUT2D eigenvalue weighted by atomic mass is 10.00. The van der Waals surface area contributed by atoms with Gasteiger partial charge in [-0.05, 0) is 30.9 Å². The normalized spacial score (nSPS) is 22.6. The Morgan fingerprint density at radius 2 is 2.18 bits per heavy atom. The summed E-state index contributed by atoms with van der Waals surface area (Å²) >= 11 is 0. The summed E-state index contributed by atoms with van der Waals surface area (Å²) in [4.78, 5) is 11.9. The first-order valence-electron chi connectivity index (χ1n) is 7.77. The maximum absolute atomic E-state index is 11.9. The zero-order valence-corrected chi connectivity index (χ0v) is 12.5. The molecule has 0 bridgehead atoms. The van der Waals surface area contributed by atoms with E-state index >= 15 is 0 Å². The second-order valence-corrected chi connectivity index (χ2v) is 5.77. The first-order valence-corrected chi connectivity index (χ1v) is 7.77. The van der Waals surface area contributed by atoms with E-state index in [2.05, 4.69) is 5.32 Å². The van der Waals surface area contributed by atoms with E-state index in [0.717, 1.165) is 25.0 Å². The summed E-state index contributed by atoms with van der Waals surface area (Å²) in [6.45, 7) is 1.15. The fraction of sp³-hybridized carbons (Fsp3) is 0.562. The molecule has 1 heterocycles. The smallest absolute Gasteiger partial charge is 0.231 e. The molecule has 120 valence electrons.